The Labute approximate surface area is 756 Å². The molecule has 0 radical (unpaired) electrons. The van der Waals surface area contributed by atoms with Crippen molar-refractivity contribution in [2.75, 3.05) is 54.3 Å². The average Bonchev–Trinajstić information content (AvgIpc) is 1.57. The molecule has 13 aromatic rings. The molecular weight excluding hydrogens is 1620 g/mol. The van der Waals surface area contributed by atoms with Gasteiger partial charge in [-0.15, -0.1) is 0 Å². The molecule has 24 nitrogen and oxygen atoms in total. The SMILES string of the molecule is CN1C(=O)c2[nH]c(Cc3ccccc3)nc2N2C1=N[C@@H]1CCC[C@@H]12.CN1C(=O)c2c(nc(Cc3ccc(-c4ccccc4)cc3)n2Cc2ccccc2)N2C1=N[C@@H]1CCC[C@@H]12.CN1C(=O)c2c(nc(Cc3ccc(-c4ccccc4)cc3)n2Cc2ccccc2)N2CC3(CCCC3)N=C12.CN1C(=O)c2c(nc(Cc3ccccc3)n2Cc2ccccc2)N2C1=N[C@@H]1CCC[C@@H]12. The number of guanidine groups is 4. The molecule has 4 fully saturated rings. The maximum Gasteiger partial charge on any atom is 0.280 e. The zero-order valence-electron chi connectivity index (χ0n) is 73.8. The van der Waals surface area contributed by atoms with E-state index in [2.05, 4.69) is 196 Å². The standard InChI is InChI=1S/C32H31N5O.C31H29N5O.C25H25N5O.C18H19N5O/c1-35-30(38)28-29(37-22-32(34-31(35)37)18-8-9-19-32)33-27(36(28)21-24-10-4-2-5-11-24)20-23-14-16-26(17-15-23)25-12-6-3-7-13-25;1-34-30(37)28-29(36-26-14-8-13-25(26)32-31(34)36)33-27(35(28)20-22-9-4-2-5-10-22)19-21-15-17-24(18-16-21)23-11-6-3-7-12-23;1-28-24(31)22-23(30-20-14-8-13-19(20)26-25(28)30)27-21(15-17-9-4-2-5-10-17)29(22)16-18-11-6-3-7-12-18;1-22-17(24)15-16(23-13-9-5-8-12(13)19-18(22)23)21-14(20-15)10-11-6-3-2-4-7-11/h2-7,10-17H,8-9,18-22H2,1H3;2-7,9-12,15-18,25-26H,8,13-14,19-20H2,1H3;2-7,9-12,19-20H,8,13-16H2,1H3;2-4,6-7,12-13H,5,8-10H2,1H3,(H,20,21)/t;25-,26+;19-,20+;12-,13+/m.111/s1. The molecule has 130 heavy (non-hydrogen) atoms. The second-order valence-corrected chi connectivity index (χ2v) is 36.5. The Bertz CT molecular complexity index is 6580. The molecule has 4 amide bonds. The third-order valence-corrected chi connectivity index (χ3v) is 28.2. The van der Waals surface area contributed by atoms with Crippen LogP contribution >= 0.6 is 0 Å². The van der Waals surface area contributed by atoms with E-state index in [1.165, 1.54) is 76.6 Å². The van der Waals surface area contributed by atoms with Gasteiger partial charge in [0, 0.05) is 73.5 Å². The smallest absolute Gasteiger partial charge is 0.280 e. The van der Waals surface area contributed by atoms with E-state index in [4.69, 9.17) is 39.9 Å². The third kappa shape index (κ3) is 14.9. The number of imidazole rings is 4. The van der Waals surface area contributed by atoms with E-state index < -0.39 is 0 Å². The van der Waals surface area contributed by atoms with E-state index in [1.54, 1.807) is 26.6 Å². The van der Waals surface area contributed by atoms with Crippen molar-refractivity contribution in [2.45, 2.75) is 171 Å². The van der Waals surface area contributed by atoms with Crippen molar-refractivity contribution in [3.63, 3.8) is 0 Å². The van der Waals surface area contributed by atoms with Gasteiger partial charge in [0.1, 0.15) is 29.0 Å². The number of aliphatic imine (C=N–C) groups is 4. The molecule has 0 saturated heterocycles. The number of aromatic nitrogens is 8. The maximum atomic E-state index is 13.8. The Morgan fingerprint density at radius 2 is 0.631 bits per heavy atom. The lowest BCUT2D eigenvalue weighted by Gasteiger charge is -2.34. The molecule has 25 rings (SSSR count). The van der Waals surface area contributed by atoms with Gasteiger partial charge < -0.3 is 18.7 Å². The van der Waals surface area contributed by atoms with Gasteiger partial charge in [0.05, 0.1) is 48.3 Å². The second kappa shape index (κ2) is 34.0. The van der Waals surface area contributed by atoms with Crippen LogP contribution in [0, 0.1) is 0 Å². The van der Waals surface area contributed by atoms with Gasteiger partial charge in [-0.1, -0.05) is 274 Å². The summed E-state index contributed by atoms with van der Waals surface area (Å²) in [4.78, 5) is 113. The Morgan fingerprint density at radius 1 is 0.315 bits per heavy atom. The first-order valence-corrected chi connectivity index (χ1v) is 46.2. The van der Waals surface area contributed by atoms with Gasteiger partial charge >= 0.3 is 0 Å². The van der Waals surface area contributed by atoms with Gasteiger partial charge in [-0.2, -0.15) is 0 Å². The third-order valence-electron chi connectivity index (χ3n) is 28.2. The van der Waals surface area contributed by atoms with Gasteiger partial charge in [0.2, 0.25) is 23.8 Å². The molecule has 4 aliphatic carbocycles. The van der Waals surface area contributed by atoms with Gasteiger partial charge in [-0.25, -0.2) is 39.9 Å². The summed E-state index contributed by atoms with van der Waals surface area (Å²) in [6.07, 6.45) is 17.3. The minimum atomic E-state index is -0.0812. The van der Waals surface area contributed by atoms with Gasteiger partial charge in [0.25, 0.3) is 23.6 Å². The quantitative estimate of drug-likeness (QED) is 0.0953. The zero-order chi connectivity index (χ0) is 87.8. The van der Waals surface area contributed by atoms with Crippen LogP contribution in [0.4, 0.5) is 23.3 Å². The highest BCUT2D eigenvalue weighted by Gasteiger charge is 2.54. The monoisotopic (exact) mass is 1720 g/mol. The molecule has 24 heteroatoms. The summed E-state index contributed by atoms with van der Waals surface area (Å²) in [5.74, 6) is 9.58. The first-order valence-electron chi connectivity index (χ1n) is 46.2. The molecule has 1 N–H and O–H groups in total. The van der Waals surface area contributed by atoms with Crippen molar-refractivity contribution < 1.29 is 19.2 Å². The van der Waals surface area contributed by atoms with Crippen molar-refractivity contribution in [1.29, 1.82) is 0 Å². The predicted octanol–water partition coefficient (Wildman–Crippen LogP) is 17.0. The van der Waals surface area contributed by atoms with Gasteiger partial charge in [-0.3, -0.25) is 58.4 Å². The Kier molecular flexibility index (Phi) is 21.3. The number of aromatic amines is 1. The largest absolute Gasteiger partial charge is 0.336 e. The van der Waals surface area contributed by atoms with Crippen molar-refractivity contribution >= 4 is 70.7 Å². The summed E-state index contributed by atoms with van der Waals surface area (Å²) < 4.78 is 6.38. The molecule has 1 spiro atoms. The number of nitrogens with zero attached hydrogens (tertiary/aromatic N) is 19. The molecule has 8 aliphatic heterocycles. The van der Waals surface area contributed by atoms with E-state index >= 15 is 0 Å². The van der Waals surface area contributed by atoms with Crippen LogP contribution in [-0.2, 0) is 45.3 Å². The van der Waals surface area contributed by atoms with Gasteiger partial charge in [-0.05, 0) is 132 Å². The van der Waals surface area contributed by atoms with Gasteiger partial charge in [0.15, 0.2) is 40.4 Å². The molecule has 9 aromatic carbocycles. The lowest BCUT2D eigenvalue weighted by molar-refractivity contribution is 0.0846. The fourth-order valence-corrected chi connectivity index (χ4v) is 21.6. The van der Waals surface area contributed by atoms with Crippen LogP contribution in [0.2, 0.25) is 0 Å². The topological polar surface area (TPSA) is 226 Å². The zero-order valence-corrected chi connectivity index (χ0v) is 73.8. The maximum absolute atomic E-state index is 13.8. The van der Waals surface area contributed by atoms with Crippen LogP contribution in [0.25, 0.3) is 22.3 Å². The number of hydrogen-bond acceptors (Lipinski definition) is 16. The molecule has 4 aromatic heterocycles. The summed E-state index contributed by atoms with van der Waals surface area (Å²) >= 11 is 0. The van der Waals surface area contributed by atoms with Crippen LogP contribution < -0.4 is 19.6 Å². The second-order valence-electron chi connectivity index (χ2n) is 36.5. The van der Waals surface area contributed by atoms with E-state index in [-0.39, 0.29) is 41.3 Å². The summed E-state index contributed by atoms with van der Waals surface area (Å²) in [7, 11) is 7.34. The summed E-state index contributed by atoms with van der Waals surface area (Å²) in [5, 5.41) is 0. The summed E-state index contributed by atoms with van der Waals surface area (Å²) in [6.45, 7) is 2.64. The molecule has 6 atom stereocenters. The first-order chi connectivity index (χ1) is 63.7. The van der Waals surface area contributed by atoms with Crippen LogP contribution in [0.15, 0.2) is 281 Å². The molecule has 4 saturated carbocycles. The Hall–Kier alpha value is -14.4. The Balaban J connectivity index is 0.000000103. The molecule has 0 bridgehead atoms. The first kappa shape index (κ1) is 81.3. The normalized spacial score (nSPS) is 20.6. The number of anilines is 4. The number of H-pyrrole nitrogens is 1. The number of hydrogen-bond donors (Lipinski definition) is 1. The van der Waals surface area contributed by atoms with Crippen LogP contribution in [0.3, 0.4) is 0 Å². The predicted molar refractivity (Wildman–Crippen MR) is 508 cm³/mol. The minimum Gasteiger partial charge on any atom is -0.336 e. The van der Waals surface area contributed by atoms with Crippen molar-refractivity contribution in [3.05, 3.63) is 346 Å². The highest BCUT2D eigenvalue weighted by atomic mass is 16.2. The fraction of sp³-hybridized carbons (Fsp3) is 0.302. The molecule has 0 unspecified atom stereocenters. The number of amides is 4. The number of benzene rings is 9. The molecule has 12 aliphatic rings. The van der Waals surface area contributed by atoms with E-state index in [1.807, 2.05) is 124 Å². The van der Waals surface area contributed by atoms with Crippen LogP contribution in [0.5, 0.6) is 0 Å². The lowest BCUT2D eigenvalue weighted by atomic mass is 9.99. The average molecular weight is 1720 g/mol. The lowest BCUT2D eigenvalue weighted by Crippen LogP contribution is -2.51. The highest BCUT2D eigenvalue weighted by Crippen LogP contribution is 2.47. The molecule has 12 heterocycles. The molecule has 652 valence electrons. The number of fused-ring (bicyclic) bond motifs is 18. The summed E-state index contributed by atoms with van der Waals surface area (Å²) in [6, 6.07) is 91.5. The number of nitrogens with one attached hydrogen (secondary N) is 1. The summed E-state index contributed by atoms with van der Waals surface area (Å²) in [5.41, 5.74) is 15.5. The van der Waals surface area contributed by atoms with Crippen LogP contribution in [-0.4, -0.2) is 182 Å². The molecular formula is C106H104N20O4. The van der Waals surface area contributed by atoms with E-state index in [0.29, 0.717) is 92.3 Å². The van der Waals surface area contributed by atoms with E-state index in [0.717, 1.165) is 145 Å². The van der Waals surface area contributed by atoms with E-state index in [9.17, 15) is 19.2 Å². The van der Waals surface area contributed by atoms with Crippen LogP contribution in [0.1, 0.15) is 188 Å². The number of rotatable bonds is 16. The number of carbonyl (C=O) groups excluding carboxylic acids is 4. The highest BCUT2D eigenvalue weighted by molar-refractivity contribution is 6.21. The Morgan fingerprint density at radius 3 is 1.02 bits per heavy atom. The van der Waals surface area contributed by atoms with Crippen molar-refractivity contribution in [3.8, 4) is 22.3 Å². The van der Waals surface area contributed by atoms with Crippen molar-refractivity contribution in [1.82, 2.24) is 58.2 Å². The minimum absolute atomic E-state index is 0.0206. The van der Waals surface area contributed by atoms with Crippen molar-refractivity contribution in [2.24, 2.45) is 20.0 Å². The fourth-order valence-electron chi connectivity index (χ4n) is 21.6. The number of carbonyl (C=O) groups is 4.